The van der Waals surface area contributed by atoms with Crippen LogP contribution >= 0.6 is 0 Å². The van der Waals surface area contributed by atoms with Gasteiger partial charge in [-0.25, -0.2) is 0 Å². The number of hydrogen-bond donors (Lipinski definition) is 2. The number of methoxy groups -OCH3 is 1. The molecule has 1 aromatic carbocycles. The maximum atomic E-state index is 10.00. The van der Waals surface area contributed by atoms with Gasteiger partial charge in [-0.2, -0.15) is 0 Å². The second-order valence-electron chi connectivity index (χ2n) is 4.56. The molecule has 6 nitrogen and oxygen atoms in total. The Balaban J connectivity index is 2.03. The Bertz CT molecular complexity index is 568. The maximum absolute atomic E-state index is 10.00. The molecule has 1 unspecified atom stereocenters. The molecule has 0 fully saturated rings. The number of nitrogens with zero attached hydrogens (tertiary/aromatic N) is 3. The molecule has 0 aliphatic rings. The Morgan fingerprint density at radius 1 is 1.45 bits per heavy atom. The first kappa shape index (κ1) is 14.3. The molecule has 20 heavy (non-hydrogen) atoms. The van der Waals surface area contributed by atoms with Gasteiger partial charge in [0.2, 0.25) is 0 Å². The molecule has 0 aliphatic heterocycles. The lowest BCUT2D eigenvalue weighted by Gasteiger charge is -2.16. The van der Waals surface area contributed by atoms with Crippen LogP contribution in [-0.4, -0.2) is 27.0 Å². The van der Waals surface area contributed by atoms with Crippen LogP contribution in [0.1, 0.15) is 31.3 Å². The van der Waals surface area contributed by atoms with Crippen LogP contribution < -0.4 is 10.1 Å². The molecule has 0 radical (unpaired) electrons. The van der Waals surface area contributed by atoms with E-state index in [1.165, 1.54) is 0 Å². The number of nitrogens with one attached hydrogen (secondary N) is 1. The number of phenolic OH excluding ortho intramolecular Hbond substituents is 1. The predicted molar refractivity (Wildman–Crippen MR) is 75.6 cm³/mol. The summed E-state index contributed by atoms with van der Waals surface area (Å²) >= 11 is 0. The van der Waals surface area contributed by atoms with Gasteiger partial charge in [-0.3, -0.25) is 0 Å². The van der Waals surface area contributed by atoms with Gasteiger partial charge in [0.1, 0.15) is 23.7 Å². The van der Waals surface area contributed by atoms with Gasteiger partial charge in [0.25, 0.3) is 0 Å². The molecule has 1 aromatic heterocycles. The van der Waals surface area contributed by atoms with E-state index in [0.717, 1.165) is 17.9 Å². The average Bonchev–Trinajstić information content (AvgIpc) is 2.92. The molecule has 6 heteroatoms. The third-order valence-corrected chi connectivity index (χ3v) is 3.31. The fourth-order valence-electron chi connectivity index (χ4n) is 2.05. The summed E-state index contributed by atoms with van der Waals surface area (Å²) in [6, 6.07) is 5.31. The van der Waals surface area contributed by atoms with Crippen LogP contribution in [0.15, 0.2) is 24.5 Å². The van der Waals surface area contributed by atoms with Crippen molar-refractivity contribution in [2.45, 2.75) is 33.0 Å². The van der Waals surface area contributed by atoms with Gasteiger partial charge in [-0.15, -0.1) is 10.2 Å². The van der Waals surface area contributed by atoms with E-state index in [0.29, 0.717) is 12.3 Å². The number of rotatable bonds is 6. The Morgan fingerprint density at radius 2 is 2.25 bits per heavy atom. The summed E-state index contributed by atoms with van der Waals surface area (Å²) in [7, 11) is 1.58. The second-order valence-corrected chi connectivity index (χ2v) is 4.56. The molecule has 0 saturated carbocycles. The molecule has 0 spiro atoms. The summed E-state index contributed by atoms with van der Waals surface area (Å²) in [5.41, 5.74) is 0.827. The first-order valence-corrected chi connectivity index (χ1v) is 6.62. The number of hydrogen-bond acceptors (Lipinski definition) is 5. The molecule has 2 aromatic rings. The maximum Gasteiger partial charge on any atom is 0.146 e. The van der Waals surface area contributed by atoms with Crippen molar-refractivity contribution in [3.05, 3.63) is 35.9 Å². The lowest BCUT2D eigenvalue weighted by atomic mass is 10.1. The zero-order valence-corrected chi connectivity index (χ0v) is 12.0. The summed E-state index contributed by atoms with van der Waals surface area (Å²) in [4.78, 5) is 0. The van der Waals surface area contributed by atoms with Crippen molar-refractivity contribution in [3.8, 4) is 11.5 Å². The van der Waals surface area contributed by atoms with E-state index in [4.69, 9.17) is 4.74 Å². The lowest BCUT2D eigenvalue weighted by molar-refractivity contribution is 0.403. The van der Waals surface area contributed by atoms with Crippen molar-refractivity contribution in [1.29, 1.82) is 0 Å². The van der Waals surface area contributed by atoms with Gasteiger partial charge >= 0.3 is 0 Å². The molecule has 1 heterocycles. The van der Waals surface area contributed by atoms with Gasteiger partial charge in [-0.05, 0) is 19.9 Å². The Morgan fingerprint density at radius 3 is 2.90 bits per heavy atom. The second kappa shape index (κ2) is 6.38. The first-order valence-electron chi connectivity index (χ1n) is 6.62. The molecule has 2 rings (SSSR count). The fraction of sp³-hybridized carbons (Fsp3) is 0.429. The molecule has 0 bridgehead atoms. The lowest BCUT2D eigenvalue weighted by Crippen LogP contribution is -2.20. The Hall–Kier alpha value is -2.08. The van der Waals surface area contributed by atoms with E-state index >= 15 is 0 Å². The van der Waals surface area contributed by atoms with Crippen molar-refractivity contribution in [3.63, 3.8) is 0 Å². The average molecular weight is 276 g/mol. The third kappa shape index (κ3) is 3.08. The summed E-state index contributed by atoms with van der Waals surface area (Å²) in [6.07, 6.45) is 1.71. The van der Waals surface area contributed by atoms with Crippen LogP contribution in [-0.2, 0) is 13.1 Å². The minimum absolute atomic E-state index is 0.00270. The molecule has 1 atom stereocenters. The number of phenols is 1. The summed E-state index contributed by atoms with van der Waals surface area (Å²) in [5.74, 6) is 1.75. The normalized spacial score (nSPS) is 12.3. The minimum atomic E-state index is 0.00270. The molecular formula is C14H20N4O2. The zero-order chi connectivity index (χ0) is 14.5. The van der Waals surface area contributed by atoms with Crippen LogP contribution in [0.4, 0.5) is 0 Å². The van der Waals surface area contributed by atoms with Crippen LogP contribution in [0.3, 0.4) is 0 Å². The smallest absolute Gasteiger partial charge is 0.146 e. The number of aromatic nitrogens is 3. The summed E-state index contributed by atoms with van der Waals surface area (Å²) in [6.45, 7) is 5.48. The van der Waals surface area contributed by atoms with E-state index in [-0.39, 0.29) is 11.8 Å². The van der Waals surface area contributed by atoms with Gasteiger partial charge in [-0.1, -0.05) is 6.07 Å². The molecule has 0 amide bonds. The summed E-state index contributed by atoms with van der Waals surface area (Å²) < 4.78 is 7.06. The van der Waals surface area contributed by atoms with Gasteiger partial charge in [0.15, 0.2) is 0 Å². The highest BCUT2D eigenvalue weighted by atomic mass is 16.5. The molecule has 108 valence electrons. The van der Waals surface area contributed by atoms with Gasteiger partial charge in [0, 0.05) is 24.2 Å². The zero-order valence-electron chi connectivity index (χ0n) is 12.0. The standard InChI is InChI=1S/C14H20N4O2/c1-4-18-9-16-17-14(18)8-15-10(2)12-6-5-11(20-3)7-13(12)19/h5-7,9-10,15,19H,4,8H2,1-3H3. The van der Waals surface area contributed by atoms with Crippen molar-refractivity contribution in [1.82, 2.24) is 20.1 Å². The topological polar surface area (TPSA) is 72.2 Å². The van der Waals surface area contributed by atoms with Crippen LogP contribution in [0, 0.1) is 0 Å². The van der Waals surface area contributed by atoms with Crippen molar-refractivity contribution >= 4 is 0 Å². The highest BCUT2D eigenvalue weighted by molar-refractivity contribution is 5.41. The highest BCUT2D eigenvalue weighted by Crippen LogP contribution is 2.28. The number of aromatic hydroxyl groups is 1. The van der Waals surface area contributed by atoms with Gasteiger partial charge in [0.05, 0.1) is 13.7 Å². The molecular weight excluding hydrogens is 256 g/mol. The molecule has 2 N–H and O–H groups in total. The number of ether oxygens (including phenoxy) is 1. The quantitative estimate of drug-likeness (QED) is 0.842. The van der Waals surface area contributed by atoms with Crippen LogP contribution in [0.25, 0.3) is 0 Å². The van der Waals surface area contributed by atoms with Crippen LogP contribution in [0.2, 0.25) is 0 Å². The number of aryl methyl sites for hydroxylation is 1. The van der Waals surface area contributed by atoms with E-state index in [2.05, 4.69) is 15.5 Å². The Labute approximate surface area is 118 Å². The van der Waals surface area contributed by atoms with Crippen molar-refractivity contribution in [2.24, 2.45) is 0 Å². The van der Waals surface area contributed by atoms with E-state index in [1.54, 1.807) is 19.5 Å². The molecule has 0 aliphatic carbocycles. The van der Waals surface area contributed by atoms with Crippen molar-refractivity contribution in [2.75, 3.05) is 7.11 Å². The van der Waals surface area contributed by atoms with Crippen LogP contribution in [0.5, 0.6) is 11.5 Å². The fourth-order valence-corrected chi connectivity index (χ4v) is 2.05. The highest BCUT2D eigenvalue weighted by Gasteiger charge is 2.12. The van der Waals surface area contributed by atoms with E-state index in [9.17, 15) is 5.11 Å². The minimum Gasteiger partial charge on any atom is -0.507 e. The largest absolute Gasteiger partial charge is 0.507 e. The number of benzene rings is 1. The Kier molecular flexibility index (Phi) is 4.57. The molecule has 0 saturated heterocycles. The predicted octanol–water partition coefficient (Wildman–Crippen LogP) is 1.86. The van der Waals surface area contributed by atoms with Gasteiger partial charge < -0.3 is 19.7 Å². The SMILES string of the molecule is CCn1cnnc1CNC(C)c1ccc(OC)cc1O. The van der Waals surface area contributed by atoms with E-state index in [1.807, 2.05) is 30.5 Å². The van der Waals surface area contributed by atoms with Crippen molar-refractivity contribution < 1.29 is 9.84 Å². The first-order chi connectivity index (χ1) is 9.65. The monoisotopic (exact) mass is 276 g/mol. The summed E-state index contributed by atoms with van der Waals surface area (Å²) in [5, 5.41) is 21.3. The third-order valence-electron chi connectivity index (χ3n) is 3.31. The van der Waals surface area contributed by atoms with E-state index < -0.39 is 0 Å².